The highest BCUT2D eigenvalue weighted by molar-refractivity contribution is 7.12. The van der Waals surface area contributed by atoms with Gasteiger partial charge in [-0.05, 0) is 41.3 Å². The maximum Gasteiger partial charge on any atom is 0.141 e. The fraction of sp³-hybridized carbons (Fsp3) is 0.312. The quantitative estimate of drug-likeness (QED) is 0.909. The summed E-state index contributed by atoms with van der Waals surface area (Å²) in [7, 11) is 2.01. The van der Waals surface area contributed by atoms with E-state index < -0.39 is 0 Å². The van der Waals surface area contributed by atoms with Crippen LogP contribution in [0.25, 0.3) is 0 Å². The van der Waals surface area contributed by atoms with Crippen LogP contribution in [0.3, 0.4) is 0 Å². The molecule has 1 aromatic heterocycles. The van der Waals surface area contributed by atoms with Gasteiger partial charge in [0.1, 0.15) is 5.84 Å². The third-order valence-electron chi connectivity index (χ3n) is 3.68. The second-order valence-electron chi connectivity index (χ2n) is 5.37. The predicted molar refractivity (Wildman–Crippen MR) is 87.4 cm³/mol. The first kappa shape index (κ1) is 14.3. The minimum Gasteiger partial charge on any atom is -0.395 e. The Balaban J connectivity index is 1.91. The molecule has 0 bridgehead atoms. The van der Waals surface area contributed by atoms with Gasteiger partial charge in [0.15, 0.2) is 0 Å². The summed E-state index contributed by atoms with van der Waals surface area (Å²) in [6.45, 7) is 1.68. The van der Waals surface area contributed by atoms with Crippen LogP contribution in [0.1, 0.15) is 21.6 Å². The van der Waals surface area contributed by atoms with Crippen molar-refractivity contribution in [2.24, 2.45) is 10.7 Å². The van der Waals surface area contributed by atoms with E-state index in [0.717, 1.165) is 23.5 Å². The number of benzene rings is 1. The van der Waals surface area contributed by atoms with Gasteiger partial charge in [0.25, 0.3) is 0 Å². The van der Waals surface area contributed by atoms with Crippen molar-refractivity contribution in [1.29, 1.82) is 0 Å². The van der Waals surface area contributed by atoms with Crippen LogP contribution in [0.5, 0.6) is 0 Å². The summed E-state index contributed by atoms with van der Waals surface area (Å²) in [4.78, 5) is 7.75. The molecule has 0 radical (unpaired) electrons. The van der Waals surface area contributed by atoms with Gasteiger partial charge in [-0.3, -0.25) is 4.90 Å². The van der Waals surface area contributed by atoms with Crippen LogP contribution < -0.4 is 5.73 Å². The largest absolute Gasteiger partial charge is 0.395 e. The number of nitrogens with zero attached hydrogens (tertiary/aromatic N) is 2. The van der Waals surface area contributed by atoms with Gasteiger partial charge in [0.2, 0.25) is 0 Å². The molecule has 0 fully saturated rings. The zero-order valence-electron chi connectivity index (χ0n) is 12.0. The van der Waals surface area contributed by atoms with E-state index in [4.69, 9.17) is 10.8 Å². The van der Waals surface area contributed by atoms with E-state index in [0.29, 0.717) is 12.4 Å². The fourth-order valence-electron chi connectivity index (χ4n) is 2.63. The molecule has 3 rings (SSSR count). The first-order valence-corrected chi connectivity index (χ1v) is 7.87. The van der Waals surface area contributed by atoms with Crippen molar-refractivity contribution < 1.29 is 5.11 Å². The number of likely N-dealkylation sites (N-methyl/N-ethyl adjacent to an activating group) is 1. The lowest BCUT2D eigenvalue weighted by Gasteiger charge is -2.16. The molecule has 3 N–H and O–H groups in total. The van der Waals surface area contributed by atoms with Crippen LogP contribution in [-0.2, 0) is 13.0 Å². The molecule has 1 aliphatic rings. The number of aliphatic hydroxyl groups is 1. The van der Waals surface area contributed by atoms with E-state index in [1.54, 1.807) is 11.3 Å². The second-order valence-corrected chi connectivity index (χ2v) is 6.29. The summed E-state index contributed by atoms with van der Waals surface area (Å²) >= 11 is 1.65. The SMILES string of the molecule is CN(CCO)Cc1ccc2c(c1)Cc1ccsc1C(N)=N2. The van der Waals surface area contributed by atoms with Gasteiger partial charge in [0.05, 0.1) is 17.2 Å². The molecule has 1 aliphatic heterocycles. The second kappa shape index (κ2) is 5.97. The van der Waals surface area contributed by atoms with Crippen LogP contribution in [0.4, 0.5) is 5.69 Å². The lowest BCUT2D eigenvalue weighted by atomic mass is 10.0. The Morgan fingerprint density at radius 2 is 2.19 bits per heavy atom. The molecule has 0 saturated heterocycles. The number of fused-ring (bicyclic) bond motifs is 2. The molecular weight excluding hydrogens is 282 g/mol. The van der Waals surface area contributed by atoms with Crippen molar-refractivity contribution in [2.75, 3.05) is 20.2 Å². The molecule has 0 amide bonds. The fourth-order valence-corrected chi connectivity index (χ4v) is 3.46. The Hall–Kier alpha value is -1.69. The summed E-state index contributed by atoms with van der Waals surface area (Å²) in [5, 5.41) is 11.1. The summed E-state index contributed by atoms with van der Waals surface area (Å²) in [6, 6.07) is 8.46. The van der Waals surface area contributed by atoms with Crippen molar-refractivity contribution in [2.45, 2.75) is 13.0 Å². The molecule has 2 aromatic rings. The van der Waals surface area contributed by atoms with Crippen LogP contribution in [-0.4, -0.2) is 36.0 Å². The highest BCUT2D eigenvalue weighted by Crippen LogP contribution is 2.31. The Morgan fingerprint density at radius 1 is 1.33 bits per heavy atom. The number of rotatable bonds is 4. The third-order valence-corrected chi connectivity index (χ3v) is 4.66. The highest BCUT2D eigenvalue weighted by Gasteiger charge is 2.16. The number of hydrogen-bond acceptors (Lipinski definition) is 5. The molecule has 4 nitrogen and oxygen atoms in total. The molecule has 0 aliphatic carbocycles. The average molecular weight is 301 g/mol. The molecule has 0 saturated carbocycles. The van der Waals surface area contributed by atoms with Crippen LogP contribution in [0.15, 0.2) is 34.6 Å². The van der Waals surface area contributed by atoms with Crippen molar-refractivity contribution in [1.82, 2.24) is 4.90 Å². The smallest absolute Gasteiger partial charge is 0.141 e. The number of aliphatic hydroxyl groups excluding tert-OH is 1. The molecule has 21 heavy (non-hydrogen) atoms. The number of aliphatic imine (C=N–C) groups is 1. The molecule has 0 spiro atoms. The number of nitrogens with two attached hydrogens (primary N) is 1. The Kier molecular flexibility index (Phi) is 4.05. The summed E-state index contributed by atoms with van der Waals surface area (Å²) in [5.41, 5.74) is 10.7. The lowest BCUT2D eigenvalue weighted by Crippen LogP contribution is -2.21. The topological polar surface area (TPSA) is 61.8 Å². The Bertz CT molecular complexity index is 678. The van der Waals surface area contributed by atoms with E-state index in [1.165, 1.54) is 16.7 Å². The average Bonchev–Trinajstić information content (AvgIpc) is 2.85. The number of amidine groups is 1. The minimum absolute atomic E-state index is 0.181. The van der Waals surface area contributed by atoms with Crippen LogP contribution >= 0.6 is 11.3 Å². The molecule has 0 unspecified atom stereocenters. The van der Waals surface area contributed by atoms with Gasteiger partial charge in [-0.2, -0.15) is 0 Å². The molecule has 5 heteroatoms. The lowest BCUT2D eigenvalue weighted by molar-refractivity contribution is 0.217. The molecular formula is C16H19N3OS. The maximum absolute atomic E-state index is 8.99. The minimum atomic E-state index is 0.181. The molecule has 0 atom stereocenters. The maximum atomic E-state index is 8.99. The van der Waals surface area contributed by atoms with Crippen molar-refractivity contribution in [3.8, 4) is 0 Å². The van der Waals surface area contributed by atoms with Crippen molar-refractivity contribution in [3.63, 3.8) is 0 Å². The van der Waals surface area contributed by atoms with E-state index in [9.17, 15) is 0 Å². The van der Waals surface area contributed by atoms with Gasteiger partial charge >= 0.3 is 0 Å². The van der Waals surface area contributed by atoms with Gasteiger partial charge < -0.3 is 10.8 Å². The molecule has 2 heterocycles. The Labute approximate surface area is 128 Å². The Morgan fingerprint density at radius 3 is 3.00 bits per heavy atom. The molecule has 110 valence electrons. The van der Waals surface area contributed by atoms with Gasteiger partial charge in [-0.1, -0.05) is 12.1 Å². The summed E-state index contributed by atoms with van der Waals surface area (Å²) in [5.74, 6) is 0.615. The van der Waals surface area contributed by atoms with E-state index in [-0.39, 0.29) is 6.61 Å². The van der Waals surface area contributed by atoms with Crippen LogP contribution in [0, 0.1) is 0 Å². The van der Waals surface area contributed by atoms with E-state index in [2.05, 4.69) is 33.5 Å². The zero-order valence-corrected chi connectivity index (χ0v) is 12.9. The van der Waals surface area contributed by atoms with E-state index in [1.807, 2.05) is 13.1 Å². The normalized spacial score (nSPS) is 13.6. The number of thiophene rings is 1. The molecule has 1 aromatic carbocycles. The highest BCUT2D eigenvalue weighted by atomic mass is 32.1. The first-order valence-electron chi connectivity index (χ1n) is 6.99. The standard InChI is InChI=1S/C16H19N3OS/c1-19(5-6-20)10-11-2-3-14-13(8-11)9-12-4-7-21-15(12)16(17)18-14/h2-4,7-8,20H,5-6,9-10H2,1H3,(H2,17,18). The first-order chi connectivity index (χ1) is 10.2. The van der Waals surface area contributed by atoms with Gasteiger partial charge in [-0.25, -0.2) is 4.99 Å². The van der Waals surface area contributed by atoms with Gasteiger partial charge in [-0.15, -0.1) is 11.3 Å². The number of hydrogen-bond donors (Lipinski definition) is 2. The van der Waals surface area contributed by atoms with Crippen molar-refractivity contribution in [3.05, 3.63) is 51.2 Å². The van der Waals surface area contributed by atoms with Gasteiger partial charge in [0, 0.05) is 19.5 Å². The monoisotopic (exact) mass is 301 g/mol. The summed E-state index contributed by atoms with van der Waals surface area (Å²) in [6.07, 6.45) is 0.871. The van der Waals surface area contributed by atoms with E-state index >= 15 is 0 Å². The summed E-state index contributed by atoms with van der Waals surface area (Å²) < 4.78 is 0. The third kappa shape index (κ3) is 3.00. The van der Waals surface area contributed by atoms with Crippen LogP contribution in [0.2, 0.25) is 0 Å². The predicted octanol–water partition coefficient (Wildman–Crippen LogP) is 2.11. The van der Waals surface area contributed by atoms with Crippen molar-refractivity contribution >= 4 is 22.9 Å². The zero-order chi connectivity index (χ0) is 14.8.